The van der Waals surface area contributed by atoms with Crippen LogP contribution < -0.4 is 10.5 Å². The van der Waals surface area contributed by atoms with Crippen molar-refractivity contribution in [3.8, 4) is 0 Å². The summed E-state index contributed by atoms with van der Waals surface area (Å²) in [6.07, 6.45) is -2.76. The summed E-state index contributed by atoms with van der Waals surface area (Å²) in [5.74, 6) is -2.13. The molecule has 0 unspecified atom stereocenters. The fourth-order valence-corrected chi connectivity index (χ4v) is 2.29. The summed E-state index contributed by atoms with van der Waals surface area (Å²) in [6, 6.07) is 1.40. The lowest BCUT2D eigenvalue weighted by atomic mass is 10.2. The first-order chi connectivity index (χ1) is 8.62. The quantitative estimate of drug-likeness (QED) is 0.846. The lowest BCUT2D eigenvalue weighted by Crippen LogP contribution is -2.29. The molecule has 0 aliphatic carbocycles. The highest BCUT2D eigenvalue weighted by molar-refractivity contribution is 9.10. The van der Waals surface area contributed by atoms with Crippen LogP contribution >= 0.6 is 15.9 Å². The summed E-state index contributed by atoms with van der Waals surface area (Å²) in [7, 11) is -4.36. The summed E-state index contributed by atoms with van der Waals surface area (Å²) in [5.41, 5.74) is -0.314. The normalized spacial score (nSPS) is 11.7. The minimum absolute atomic E-state index is 0.0795. The van der Waals surface area contributed by atoms with E-state index in [-0.39, 0.29) is 10.0 Å². The summed E-state index contributed by atoms with van der Waals surface area (Å²) >= 11 is 2.83. The van der Waals surface area contributed by atoms with E-state index in [4.69, 9.17) is 5.14 Å². The Balaban J connectivity index is 3.19. The number of hydrogen-bond acceptors (Lipinski definition) is 3. The van der Waals surface area contributed by atoms with Crippen molar-refractivity contribution in [1.82, 2.24) is 5.32 Å². The van der Waals surface area contributed by atoms with Crippen molar-refractivity contribution < 1.29 is 26.4 Å². The molecule has 0 aliphatic rings. The van der Waals surface area contributed by atoms with Crippen molar-refractivity contribution in [3.63, 3.8) is 0 Å². The molecule has 1 aromatic rings. The van der Waals surface area contributed by atoms with Gasteiger partial charge in [0.25, 0.3) is 12.3 Å². The van der Waals surface area contributed by atoms with Crippen LogP contribution in [0, 0.1) is 5.82 Å². The molecule has 1 aromatic carbocycles. The van der Waals surface area contributed by atoms with Gasteiger partial charge in [-0.25, -0.2) is 26.7 Å². The van der Waals surface area contributed by atoms with Gasteiger partial charge >= 0.3 is 0 Å². The predicted molar refractivity (Wildman–Crippen MR) is 63.8 cm³/mol. The first kappa shape index (κ1) is 15.9. The second-order valence-corrected chi connectivity index (χ2v) is 5.79. The van der Waals surface area contributed by atoms with E-state index in [1.165, 1.54) is 0 Å². The van der Waals surface area contributed by atoms with Crippen molar-refractivity contribution in [2.75, 3.05) is 6.54 Å². The molecule has 0 heterocycles. The van der Waals surface area contributed by atoms with E-state index in [0.717, 1.165) is 6.07 Å². The molecule has 0 aromatic heterocycles. The third kappa shape index (κ3) is 4.18. The van der Waals surface area contributed by atoms with Crippen molar-refractivity contribution in [2.45, 2.75) is 11.3 Å². The highest BCUT2D eigenvalue weighted by Crippen LogP contribution is 2.23. The van der Waals surface area contributed by atoms with Gasteiger partial charge < -0.3 is 5.32 Å². The van der Waals surface area contributed by atoms with E-state index in [1.54, 1.807) is 0 Å². The van der Waals surface area contributed by atoms with Crippen LogP contribution in [0.15, 0.2) is 21.5 Å². The Hall–Kier alpha value is -1.13. The number of nitrogens with one attached hydrogen (secondary N) is 1. The molecule has 0 spiro atoms. The van der Waals surface area contributed by atoms with Crippen molar-refractivity contribution >= 4 is 31.9 Å². The molecule has 5 nitrogen and oxygen atoms in total. The number of alkyl halides is 2. The molecule has 106 valence electrons. The monoisotopic (exact) mass is 360 g/mol. The molecular formula is C9H8BrF3N2O3S. The second-order valence-electron chi connectivity index (χ2n) is 3.41. The highest BCUT2D eigenvalue weighted by atomic mass is 79.9. The Bertz CT molecular complexity index is 607. The largest absolute Gasteiger partial charge is 0.346 e. The van der Waals surface area contributed by atoms with Gasteiger partial charge in [0.1, 0.15) is 10.7 Å². The number of sulfonamides is 1. The zero-order valence-corrected chi connectivity index (χ0v) is 11.6. The maximum Gasteiger partial charge on any atom is 0.255 e. The number of carbonyl (C=O) groups is 1. The lowest BCUT2D eigenvalue weighted by molar-refractivity contribution is 0.0890. The van der Waals surface area contributed by atoms with Crippen molar-refractivity contribution in [2.24, 2.45) is 5.14 Å². The highest BCUT2D eigenvalue weighted by Gasteiger charge is 2.21. The molecule has 0 saturated carbocycles. The third-order valence-electron chi connectivity index (χ3n) is 1.99. The van der Waals surface area contributed by atoms with E-state index in [9.17, 15) is 26.4 Å². The standard InChI is InChI=1S/C9H8BrF3N2O3S/c10-5-2-6(11)7(19(14,17)18)1-4(5)9(16)15-3-8(12)13/h1-2,8H,3H2,(H,15,16)(H2,14,17,18). The third-order valence-corrected chi connectivity index (χ3v) is 3.57. The Kier molecular flexibility index (Phi) is 4.93. The van der Waals surface area contributed by atoms with Gasteiger partial charge in [0.05, 0.1) is 12.1 Å². The number of amides is 1. The minimum atomic E-state index is -4.36. The van der Waals surface area contributed by atoms with E-state index in [1.807, 2.05) is 5.32 Å². The molecule has 19 heavy (non-hydrogen) atoms. The van der Waals surface area contributed by atoms with Gasteiger partial charge in [0, 0.05) is 4.47 Å². The van der Waals surface area contributed by atoms with Crippen LogP contribution in [0.3, 0.4) is 0 Å². The number of halogens is 4. The molecule has 3 N–H and O–H groups in total. The molecule has 1 rings (SSSR count). The first-order valence-electron chi connectivity index (χ1n) is 4.71. The number of benzene rings is 1. The Labute approximate surface area is 115 Å². The van der Waals surface area contributed by atoms with Gasteiger partial charge in [-0.05, 0) is 28.1 Å². The number of nitrogens with two attached hydrogens (primary N) is 1. The Morgan fingerprint density at radius 3 is 2.47 bits per heavy atom. The molecule has 1 amide bonds. The molecule has 10 heteroatoms. The maximum absolute atomic E-state index is 13.4. The second kappa shape index (κ2) is 5.88. The summed E-state index contributed by atoms with van der Waals surface area (Å²) < 4.78 is 59.3. The molecule has 0 fully saturated rings. The summed E-state index contributed by atoms with van der Waals surface area (Å²) in [4.78, 5) is 10.6. The van der Waals surface area contributed by atoms with Crippen LogP contribution in [0.5, 0.6) is 0 Å². The lowest BCUT2D eigenvalue weighted by Gasteiger charge is -2.09. The number of hydrogen-bond donors (Lipinski definition) is 2. The topological polar surface area (TPSA) is 89.3 Å². The molecule has 0 bridgehead atoms. The van der Waals surface area contributed by atoms with Crippen LogP contribution in [0.4, 0.5) is 13.2 Å². The van der Waals surface area contributed by atoms with Crippen LogP contribution in [0.2, 0.25) is 0 Å². The number of rotatable bonds is 4. The zero-order valence-electron chi connectivity index (χ0n) is 9.16. The Morgan fingerprint density at radius 2 is 2.00 bits per heavy atom. The van der Waals surface area contributed by atoms with Gasteiger partial charge in [0.2, 0.25) is 10.0 Å². The van der Waals surface area contributed by atoms with E-state index >= 15 is 0 Å². The fourth-order valence-electron chi connectivity index (χ4n) is 1.19. The maximum atomic E-state index is 13.4. The van der Waals surface area contributed by atoms with Crippen molar-refractivity contribution in [3.05, 3.63) is 28.0 Å². The predicted octanol–water partition coefficient (Wildman–Crippen LogP) is 1.23. The van der Waals surface area contributed by atoms with Crippen LogP contribution in [0.1, 0.15) is 10.4 Å². The minimum Gasteiger partial charge on any atom is -0.346 e. The van der Waals surface area contributed by atoms with Gasteiger partial charge in [0.15, 0.2) is 0 Å². The van der Waals surface area contributed by atoms with Gasteiger partial charge in [-0.15, -0.1) is 0 Å². The summed E-state index contributed by atoms with van der Waals surface area (Å²) in [6.45, 7) is -0.909. The average molecular weight is 361 g/mol. The van der Waals surface area contributed by atoms with Gasteiger partial charge in [-0.1, -0.05) is 0 Å². The van der Waals surface area contributed by atoms with E-state index in [2.05, 4.69) is 15.9 Å². The molecule has 0 saturated heterocycles. The van der Waals surface area contributed by atoms with Gasteiger partial charge in [-0.2, -0.15) is 0 Å². The molecule has 0 aliphatic heterocycles. The molecule has 0 atom stereocenters. The Morgan fingerprint density at radius 1 is 1.42 bits per heavy atom. The molecular weight excluding hydrogens is 353 g/mol. The van der Waals surface area contributed by atoms with E-state index in [0.29, 0.717) is 6.07 Å². The first-order valence-corrected chi connectivity index (χ1v) is 7.05. The van der Waals surface area contributed by atoms with Crippen LogP contribution in [0.25, 0.3) is 0 Å². The fraction of sp³-hybridized carbons (Fsp3) is 0.222. The van der Waals surface area contributed by atoms with Crippen LogP contribution in [-0.2, 0) is 10.0 Å². The molecule has 0 radical (unpaired) electrons. The average Bonchev–Trinajstić information content (AvgIpc) is 2.24. The van der Waals surface area contributed by atoms with Gasteiger partial charge in [-0.3, -0.25) is 4.79 Å². The zero-order chi connectivity index (χ0) is 14.8. The van der Waals surface area contributed by atoms with Crippen molar-refractivity contribution in [1.29, 1.82) is 0 Å². The SMILES string of the molecule is NS(=O)(=O)c1cc(C(=O)NCC(F)F)c(Br)cc1F. The number of carbonyl (C=O) groups excluding carboxylic acids is 1. The smallest absolute Gasteiger partial charge is 0.255 e. The number of primary sulfonamides is 1. The van der Waals surface area contributed by atoms with E-state index < -0.39 is 39.6 Å². The summed E-state index contributed by atoms with van der Waals surface area (Å²) in [5, 5.41) is 6.62. The van der Waals surface area contributed by atoms with Crippen LogP contribution in [-0.4, -0.2) is 27.3 Å².